The SMILES string of the molecule is O=C1CCCN1Cc1cn(C2CN(C(=O)COc3ccccc3)C2)nn1. The van der Waals surface area contributed by atoms with Crippen molar-refractivity contribution in [2.24, 2.45) is 0 Å². The van der Waals surface area contributed by atoms with Gasteiger partial charge in [-0.1, -0.05) is 23.4 Å². The number of para-hydroxylation sites is 1. The summed E-state index contributed by atoms with van der Waals surface area (Å²) in [4.78, 5) is 27.4. The van der Waals surface area contributed by atoms with Crippen LogP contribution >= 0.6 is 0 Å². The molecule has 0 bridgehead atoms. The van der Waals surface area contributed by atoms with Crippen LogP contribution in [0.2, 0.25) is 0 Å². The summed E-state index contributed by atoms with van der Waals surface area (Å²) in [6.45, 7) is 2.54. The predicted molar refractivity (Wildman–Crippen MR) is 92.2 cm³/mol. The zero-order valence-electron chi connectivity index (χ0n) is 14.5. The molecule has 2 saturated heterocycles. The van der Waals surface area contributed by atoms with E-state index in [2.05, 4.69) is 10.3 Å². The van der Waals surface area contributed by atoms with Crippen molar-refractivity contribution in [1.29, 1.82) is 0 Å². The maximum atomic E-state index is 12.2. The van der Waals surface area contributed by atoms with Gasteiger partial charge in [-0.15, -0.1) is 5.10 Å². The van der Waals surface area contributed by atoms with Gasteiger partial charge in [-0.05, 0) is 18.6 Å². The molecule has 8 heteroatoms. The van der Waals surface area contributed by atoms with Crippen molar-refractivity contribution in [2.75, 3.05) is 26.2 Å². The van der Waals surface area contributed by atoms with E-state index in [1.54, 1.807) is 9.58 Å². The molecule has 2 fully saturated rings. The molecule has 0 radical (unpaired) electrons. The average molecular weight is 355 g/mol. The maximum Gasteiger partial charge on any atom is 0.260 e. The normalized spacial score (nSPS) is 17.5. The Morgan fingerprint density at radius 2 is 2.04 bits per heavy atom. The van der Waals surface area contributed by atoms with E-state index in [9.17, 15) is 9.59 Å². The Balaban J connectivity index is 1.24. The quantitative estimate of drug-likeness (QED) is 0.768. The molecule has 0 unspecified atom stereocenters. The fourth-order valence-electron chi connectivity index (χ4n) is 3.21. The largest absolute Gasteiger partial charge is 0.484 e. The number of amides is 2. The Morgan fingerprint density at radius 3 is 2.77 bits per heavy atom. The second-order valence-corrected chi connectivity index (χ2v) is 6.66. The van der Waals surface area contributed by atoms with Gasteiger partial charge in [-0.2, -0.15) is 0 Å². The number of rotatable bonds is 6. The zero-order valence-corrected chi connectivity index (χ0v) is 14.5. The van der Waals surface area contributed by atoms with Crippen molar-refractivity contribution in [1.82, 2.24) is 24.8 Å². The first-order chi connectivity index (χ1) is 12.7. The molecule has 136 valence electrons. The van der Waals surface area contributed by atoms with Gasteiger partial charge in [0.1, 0.15) is 11.4 Å². The summed E-state index contributed by atoms with van der Waals surface area (Å²) in [6.07, 6.45) is 3.41. The number of hydrogen-bond donors (Lipinski definition) is 0. The van der Waals surface area contributed by atoms with Gasteiger partial charge >= 0.3 is 0 Å². The molecule has 0 saturated carbocycles. The molecule has 3 heterocycles. The summed E-state index contributed by atoms with van der Waals surface area (Å²) in [5.41, 5.74) is 0.789. The lowest BCUT2D eigenvalue weighted by atomic mass is 10.1. The van der Waals surface area contributed by atoms with Crippen LogP contribution in [0.15, 0.2) is 36.5 Å². The fraction of sp³-hybridized carbons (Fsp3) is 0.444. The average Bonchev–Trinajstić information content (AvgIpc) is 3.23. The second kappa shape index (κ2) is 7.15. The van der Waals surface area contributed by atoms with E-state index in [0.29, 0.717) is 31.8 Å². The first-order valence-corrected chi connectivity index (χ1v) is 8.83. The van der Waals surface area contributed by atoms with E-state index in [1.807, 2.05) is 41.4 Å². The van der Waals surface area contributed by atoms with Crippen LogP contribution in [0.4, 0.5) is 0 Å². The number of ether oxygens (including phenoxy) is 1. The van der Waals surface area contributed by atoms with Gasteiger partial charge in [0.25, 0.3) is 5.91 Å². The Hall–Kier alpha value is -2.90. The number of carbonyl (C=O) groups excluding carboxylic acids is 2. The molecule has 0 spiro atoms. The van der Waals surface area contributed by atoms with Gasteiger partial charge < -0.3 is 14.5 Å². The first-order valence-electron chi connectivity index (χ1n) is 8.83. The van der Waals surface area contributed by atoms with Crippen LogP contribution in [0, 0.1) is 0 Å². The Morgan fingerprint density at radius 1 is 1.23 bits per heavy atom. The predicted octanol–water partition coefficient (Wildman–Crippen LogP) is 0.863. The van der Waals surface area contributed by atoms with Crippen LogP contribution in [-0.2, 0) is 16.1 Å². The highest BCUT2D eigenvalue weighted by molar-refractivity contribution is 5.78. The number of aromatic nitrogens is 3. The van der Waals surface area contributed by atoms with E-state index in [1.165, 1.54) is 0 Å². The van der Waals surface area contributed by atoms with Gasteiger partial charge in [0.2, 0.25) is 5.91 Å². The van der Waals surface area contributed by atoms with E-state index in [4.69, 9.17) is 4.74 Å². The molecule has 26 heavy (non-hydrogen) atoms. The number of benzene rings is 1. The Kier molecular flexibility index (Phi) is 4.55. The van der Waals surface area contributed by atoms with Gasteiger partial charge in [0.05, 0.1) is 18.8 Å². The lowest BCUT2D eigenvalue weighted by Gasteiger charge is -2.38. The van der Waals surface area contributed by atoms with Crippen LogP contribution in [0.25, 0.3) is 0 Å². The monoisotopic (exact) mass is 355 g/mol. The number of carbonyl (C=O) groups is 2. The summed E-state index contributed by atoms with van der Waals surface area (Å²) in [7, 11) is 0. The van der Waals surface area contributed by atoms with Gasteiger partial charge in [0.15, 0.2) is 6.61 Å². The Labute approximate surface area is 151 Å². The number of hydrogen-bond acceptors (Lipinski definition) is 5. The molecule has 0 atom stereocenters. The van der Waals surface area contributed by atoms with E-state index >= 15 is 0 Å². The lowest BCUT2D eigenvalue weighted by Crippen LogP contribution is -2.52. The molecule has 8 nitrogen and oxygen atoms in total. The smallest absolute Gasteiger partial charge is 0.260 e. The minimum absolute atomic E-state index is 0.0342. The second-order valence-electron chi connectivity index (χ2n) is 6.66. The fourth-order valence-corrected chi connectivity index (χ4v) is 3.21. The lowest BCUT2D eigenvalue weighted by molar-refractivity contribution is -0.139. The van der Waals surface area contributed by atoms with Crippen LogP contribution in [0.5, 0.6) is 5.75 Å². The van der Waals surface area contributed by atoms with Crippen molar-refractivity contribution in [3.05, 3.63) is 42.2 Å². The van der Waals surface area contributed by atoms with Crippen molar-refractivity contribution in [3.8, 4) is 5.75 Å². The van der Waals surface area contributed by atoms with Crippen molar-refractivity contribution in [3.63, 3.8) is 0 Å². The molecule has 1 aromatic carbocycles. The third-order valence-corrected chi connectivity index (χ3v) is 4.78. The number of likely N-dealkylation sites (tertiary alicyclic amines) is 2. The standard InChI is InChI=1S/C18H21N5O3/c24-17-7-4-8-21(17)9-14-10-23(20-19-14)15-11-22(12-15)18(25)13-26-16-5-2-1-3-6-16/h1-3,5-6,10,15H,4,7-9,11-13H2. The van der Waals surface area contributed by atoms with Crippen molar-refractivity contribution >= 4 is 11.8 Å². The molecule has 0 N–H and O–H groups in total. The van der Waals surface area contributed by atoms with Gasteiger partial charge in [0, 0.05) is 26.1 Å². The molecule has 2 aromatic rings. The van der Waals surface area contributed by atoms with Crippen molar-refractivity contribution in [2.45, 2.75) is 25.4 Å². The zero-order chi connectivity index (χ0) is 17.9. The number of nitrogens with zero attached hydrogens (tertiary/aromatic N) is 5. The highest BCUT2D eigenvalue weighted by Gasteiger charge is 2.33. The van der Waals surface area contributed by atoms with Crippen LogP contribution in [0.3, 0.4) is 0 Å². The molecule has 2 amide bonds. The summed E-state index contributed by atoms with van der Waals surface area (Å²) >= 11 is 0. The molecule has 2 aliphatic rings. The Bertz CT molecular complexity index is 785. The molecular formula is C18H21N5O3. The van der Waals surface area contributed by atoms with E-state index < -0.39 is 0 Å². The van der Waals surface area contributed by atoms with E-state index in [-0.39, 0.29) is 24.5 Å². The highest BCUT2D eigenvalue weighted by atomic mass is 16.5. The van der Waals surface area contributed by atoms with Crippen molar-refractivity contribution < 1.29 is 14.3 Å². The first kappa shape index (κ1) is 16.6. The molecule has 0 aliphatic carbocycles. The summed E-state index contributed by atoms with van der Waals surface area (Å²) in [6, 6.07) is 9.43. The highest BCUT2D eigenvalue weighted by Crippen LogP contribution is 2.21. The van der Waals surface area contributed by atoms with Crippen LogP contribution in [-0.4, -0.2) is 62.8 Å². The molecule has 2 aliphatic heterocycles. The third-order valence-electron chi connectivity index (χ3n) is 4.78. The molecule has 4 rings (SSSR count). The van der Waals surface area contributed by atoms with Gasteiger partial charge in [-0.25, -0.2) is 4.68 Å². The minimum atomic E-state index is -0.0342. The molecular weight excluding hydrogens is 334 g/mol. The maximum absolute atomic E-state index is 12.2. The van der Waals surface area contributed by atoms with Crippen LogP contribution < -0.4 is 4.74 Å². The minimum Gasteiger partial charge on any atom is -0.484 e. The van der Waals surface area contributed by atoms with Crippen LogP contribution in [0.1, 0.15) is 24.6 Å². The topological polar surface area (TPSA) is 80.6 Å². The third kappa shape index (κ3) is 3.54. The summed E-state index contributed by atoms with van der Waals surface area (Å²) in [5.74, 6) is 0.835. The summed E-state index contributed by atoms with van der Waals surface area (Å²) < 4.78 is 7.28. The van der Waals surface area contributed by atoms with E-state index in [0.717, 1.165) is 18.7 Å². The summed E-state index contributed by atoms with van der Waals surface area (Å²) in [5, 5.41) is 8.31. The van der Waals surface area contributed by atoms with Gasteiger partial charge in [-0.3, -0.25) is 9.59 Å². The molecule has 1 aromatic heterocycles.